The van der Waals surface area contributed by atoms with Crippen molar-refractivity contribution < 1.29 is 9.53 Å². The van der Waals surface area contributed by atoms with Crippen LogP contribution in [0.4, 0.5) is 0 Å². The quantitative estimate of drug-likeness (QED) is 0.930. The van der Waals surface area contributed by atoms with E-state index >= 15 is 0 Å². The van der Waals surface area contributed by atoms with Crippen molar-refractivity contribution in [2.24, 2.45) is 5.92 Å². The first-order valence-electron chi connectivity index (χ1n) is 5.23. The van der Waals surface area contributed by atoms with Gasteiger partial charge in [0.05, 0.1) is 16.6 Å². The van der Waals surface area contributed by atoms with E-state index in [2.05, 4.69) is 26.2 Å². The van der Waals surface area contributed by atoms with Gasteiger partial charge in [0.25, 0.3) is 5.91 Å². The average Bonchev–Trinajstić information content (AvgIpc) is 2.74. The fraction of sp³-hybridized carbons (Fsp3) is 0.600. The molecule has 1 aromatic heterocycles. The summed E-state index contributed by atoms with van der Waals surface area (Å²) in [7, 11) is 0. The molecule has 1 aliphatic heterocycles. The zero-order chi connectivity index (χ0) is 11.4. The molecule has 6 heteroatoms. The molecule has 1 amide bonds. The molecule has 1 saturated heterocycles. The van der Waals surface area contributed by atoms with E-state index in [1.54, 1.807) is 6.20 Å². The molecule has 0 bridgehead atoms. The van der Waals surface area contributed by atoms with Gasteiger partial charge in [-0.2, -0.15) is 0 Å². The second kappa shape index (κ2) is 5.75. The van der Waals surface area contributed by atoms with Crippen molar-refractivity contribution in [2.45, 2.75) is 12.8 Å². The van der Waals surface area contributed by atoms with E-state index in [1.807, 2.05) is 0 Å². The van der Waals surface area contributed by atoms with Crippen molar-refractivity contribution in [1.82, 2.24) is 10.3 Å². The van der Waals surface area contributed by atoms with E-state index in [4.69, 9.17) is 4.74 Å². The maximum atomic E-state index is 11.7. The lowest BCUT2D eigenvalue weighted by Crippen LogP contribution is -2.33. The largest absolute Gasteiger partial charge is 0.381 e. The number of ether oxygens (including phenoxy) is 1. The summed E-state index contributed by atoms with van der Waals surface area (Å²) >= 11 is 4.63. The summed E-state index contributed by atoms with van der Waals surface area (Å²) in [4.78, 5) is 15.7. The lowest BCUT2D eigenvalue weighted by Gasteiger charge is -2.21. The van der Waals surface area contributed by atoms with E-state index in [0.29, 0.717) is 17.5 Å². The molecule has 1 N–H and O–H groups in total. The molecule has 0 saturated carbocycles. The third kappa shape index (κ3) is 3.26. The molecular weight excluding hydrogens is 292 g/mol. The minimum Gasteiger partial charge on any atom is -0.381 e. The fourth-order valence-electron chi connectivity index (χ4n) is 1.64. The van der Waals surface area contributed by atoms with Crippen LogP contribution in [-0.4, -0.2) is 30.6 Å². The van der Waals surface area contributed by atoms with Crippen LogP contribution in [0.3, 0.4) is 0 Å². The van der Waals surface area contributed by atoms with Gasteiger partial charge in [0.2, 0.25) is 0 Å². The molecule has 4 nitrogen and oxygen atoms in total. The minimum atomic E-state index is -0.0960. The van der Waals surface area contributed by atoms with E-state index in [9.17, 15) is 4.79 Å². The van der Waals surface area contributed by atoms with Gasteiger partial charge in [-0.1, -0.05) is 0 Å². The third-order valence-corrected chi connectivity index (χ3v) is 3.95. The zero-order valence-electron chi connectivity index (χ0n) is 8.74. The van der Waals surface area contributed by atoms with Crippen LogP contribution in [0, 0.1) is 5.92 Å². The van der Waals surface area contributed by atoms with Crippen molar-refractivity contribution >= 4 is 33.2 Å². The van der Waals surface area contributed by atoms with Crippen molar-refractivity contribution in [1.29, 1.82) is 0 Å². The number of nitrogens with zero attached hydrogens (tertiary/aromatic N) is 1. The monoisotopic (exact) mass is 304 g/mol. The fourth-order valence-corrected chi connectivity index (χ4v) is 2.76. The summed E-state index contributed by atoms with van der Waals surface area (Å²) in [5.74, 6) is 0.349. The molecule has 1 fully saturated rings. The Morgan fingerprint density at radius 3 is 3.25 bits per heavy atom. The van der Waals surface area contributed by atoms with Crippen molar-refractivity contribution in [3.63, 3.8) is 0 Å². The first kappa shape index (κ1) is 12.0. The summed E-state index contributed by atoms with van der Waals surface area (Å²) in [6, 6.07) is 0. The number of hydrogen-bond donors (Lipinski definition) is 1. The van der Waals surface area contributed by atoms with Gasteiger partial charge in [0.1, 0.15) is 0 Å². The number of amides is 1. The molecule has 88 valence electrons. The minimum absolute atomic E-state index is 0.0960. The van der Waals surface area contributed by atoms with Crippen LogP contribution in [0.2, 0.25) is 0 Å². The average molecular weight is 305 g/mol. The zero-order valence-corrected chi connectivity index (χ0v) is 11.1. The predicted octanol–water partition coefficient (Wildman–Crippen LogP) is 2.06. The summed E-state index contributed by atoms with van der Waals surface area (Å²) in [6.07, 6.45) is 3.86. The molecule has 1 atom stereocenters. The first-order valence-corrected chi connectivity index (χ1v) is 6.84. The molecule has 2 rings (SSSR count). The second-order valence-corrected chi connectivity index (χ2v) is 6.17. The van der Waals surface area contributed by atoms with Crippen LogP contribution >= 0.6 is 27.3 Å². The van der Waals surface area contributed by atoms with Crippen molar-refractivity contribution in [3.05, 3.63) is 15.0 Å². The maximum Gasteiger partial charge on any atom is 0.280 e. The molecule has 0 aromatic carbocycles. The van der Waals surface area contributed by atoms with Gasteiger partial charge in [-0.15, -0.1) is 11.3 Å². The molecule has 1 aliphatic rings. The van der Waals surface area contributed by atoms with Crippen LogP contribution in [0.5, 0.6) is 0 Å². The highest BCUT2D eigenvalue weighted by atomic mass is 79.9. The summed E-state index contributed by atoms with van der Waals surface area (Å²) < 4.78 is 6.23. The molecule has 0 spiro atoms. The Balaban J connectivity index is 1.79. The van der Waals surface area contributed by atoms with Crippen LogP contribution < -0.4 is 5.32 Å². The van der Waals surface area contributed by atoms with Crippen molar-refractivity contribution in [2.75, 3.05) is 19.8 Å². The molecule has 0 unspecified atom stereocenters. The van der Waals surface area contributed by atoms with E-state index in [0.717, 1.165) is 29.8 Å². The molecule has 0 aliphatic carbocycles. The number of aromatic nitrogens is 1. The van der Waals surface area contributed by atoms with Crippen LogP contribution in [-0.2, 0) is 4.74 Å². The molecule has 16 heavy (non-hydrogen) atoms. The SMILES string of the molecule is O=C(NC[C@H]1CCCOC1)c1ncc(Br)s1. The number of halogens is 1. The van der Waals surface area contributed by atoms with E-state index < -0.39 is 0 Å². The van der Waals surface area contributed by atoms with Crippen LogP contribution in [0.1, 0.15) is 22.6 Å². The number of carbonyl (C=O) groups is 1. The summed E-state index contributed by atoms with van der Waals surface area (Å²) in [5, 5.41) is 3.39. The number of thiazole rings is 1. The van der Waals surface area contributed by atoms with Gasteiger partial charge in [0, 0.05) is 13.2 Å². The number of carbonyl (C=O) groups excluding carboxylic acids is 1. The van der Waals surface area contributed by atoms with Crippen molar-refractivity contribution in [3.8, 4) is 0 Å². The Morgan fingerprint density at radius 2 is 2.62 bits per heavy atom. The van der Waals surface area contributed by atoms with Crippen LogP contribution in [0.15, 0.2) is 9.98 Å². The van der Waals surface area contributed by atoms with Gasteiger partial charge in [0.15, 0.2) is 5.01 Å². The standard InChI is InChI=1S/C10H13BrN2O2S/c11-8-5-13-10(16-8)9(14)12-4-7-2-1-3-15-6-7/h5,7H,1-4,6H2,(H,12,14)/t7-/m1/s1. The third-order valence-electron chi connectivity index (χ3n) is 2.48. The summed E-state index contributed by atoms with van der Waals surface area (Å²) in [6.45, 7) is 2.28. The van der Waals surface area contributed by atoms with E-state index in [1.165, 1.54) is 11.3 Å². The Kier molecular flexibility index (Phi) is 4.31. The molecule has 0 radical (unpaired) electrons. The first-order chi connectivity index (χ1) is 7.75. The van der Waals surface area contributed by atoms with Crippen LogP contribution in [0.25, 0.3) is 0 Å². The summed E-state index contributed by atoms with van der Waals surface area (Å²) in [5.41, 5.74) is 0. The highest BCUT2D eigenvalue weighted by Crippen LogP contribution is 2.19. The molecule has 2 heterocycles. The van der Waals surface area contributed by atoms with Gasteiger partial charge < -0.3 is 10.1 Å². The number of nitrogens with one attached hydrogen (secondary N) is 1. The van der Waals surface area contributed by atoms with Gasteiger partial charge in [-0.25, -0.2) is 4.98 Å². The topological polar surface area (TPSA) is 51.2 Å². The lowest BCUT2D eigenvalue weighted by atomic mass is 10.0. The Hall–Kier alpha value is -0.460. The lowest BCUT2D eigenvalue weighted by molar-refractivity contribution is 0.0536. The Labute approximate surface area is 107 Å². The molecule has 1 aromatic rings. The Morgan fingerprint density at radius 1 is 1.75 bits per heavy atom. The van der Waals surface area contributed by atoms with Gasteiger partial charge >= 0.3 is 0 Å². The highest BCUT2D eigenvalue weighted by molar-refractivity contribution is 9.11. The van der Waals surface area contributed by atoms with E-state index in [-0.39, 0.29) is 5.91 Å². The van der Waals surface area contributed by atoms with Gasteiger partial charge in [-0.3, -0.25) is 4.79 Å². The Bertz CT molecular complexity index is 363. The van der Waals surface area contributed by atoms with Gasteiger partial charge in [-0.05, 0) is 34.7 Å². The normalized spacial score (nSPS) is 20.7. The molecular formula is C10H13BrN2O2S. The predicted molar refractivity (Wildman–Crippen MR) is 65.7 cm³/mol. The number of rotatable bonds is 3. The smallest absolute Gasteiger partial charge is 0.280 e. The second-order valence-electron chi connectivity index (χ2n) is 3.76. The number of hydrogen-bond acceptors (Lipinski definition) is 4. The highest BCUT2D eigenvalue weighted by Gasteiger charge is 2.16. The maximum absolute atomic E-state index is 11.7.